The maximum Gasteiger partial charge on any atom is 0.0652 e. The molecule has 1 aliphatic rings. The smallest absolute Gasteiger partial charge is 0.0652 e. The molecule has 74 valence electrons. The second-order valence-corrected chi connectivity index (χ2v) is 4.11. The summed E-state index contributed by atoms with van der Waals surface area (Å²) in [5.41, 5.74) is 0. The Morgan fingerprint density at radius 1 is 1.46 bits per heavy atom. The molecule has 1 atom stereocenters. The van der Waals surface area contributed by atoms with Crippen molar-refractivity contribution in [3.63, 3.8) is 0 Å². The van der Waals surface area contributed by atoms with Crippen LogP contribution in [0.2, 0.25) is 0 Å². The van der Waals surface area contributed by atoms with Crippen LogP contribution in [0.3, 0.4) is 0 Å². The van der Waals surface area contributed by atoms with Gasteiger partial charge in [-0.05, 0) is 39.2 Å². The van der Waals surface area contributed by atoms with Crippen LogP contribution in [0.15, 0.2) is 0 Å². The normalized spacial score (nSPS) is 20.0. The fraction of sp³-hybridized carbons (Fsp3) is 0.909. The molecule has 1 unspecified atom stereocenters. The zero-order chi connectivity index (χ0) is 9.52. The van der Waals surface area contributed by atoms with Crippen LogP contribution >= 0.6 is 0 Å². The molecule has 2 nitrogen and oxygen atoms in total. The van der Waals surface area contributed by atoms with Crippen LogP contribution in [0.4, 0.5) is 0 Å². The highest BCUT2D eigenvalue weighted by Crippen LogP contribution is 2.17. The van der Waals surface area contributed by atoms with E-state index in [9.17, 15) is 0 Å². The van der Waals surface area contributed by atoms with Crippen LogP contribution < -0.4 is 5.32 Å². The molecule has 1 fully saturated rings. The Bertz CT molecular complexity index is 165. The van der Waals surface area contributed by atoms with E-state index in [4.69, 9.17) is 5.26 Å². The zero-order valence-corrected chi connectivity index (χ0v) is 8.55. The highest BCUT2D eigenvalue weighted by atomic mass is 14.9. The Morgan fingerprint density at radius 2 is 2.15 bits per heavy atom. The highest BCUT2D eigenvalue weighted by molar-refractivity contribution is 4.79. The third-order valence-corrected chi connectivity index (χ3v) is 2.82. The number of hydrogen-bond acceptors (Lipinski definition) is 2. The Morgan fingerprint density at radius 3 is 2.77 bits per heavy atom. The molecule has 0 saturated heterocycles. The minimum absolute atomic E-state index is 0.227. The molecule has 0 radical (unpaired) electrons. The van der Waals surface area contributed by atoms with E-state index in [1.165, 1.54) is 25.7 Å². The predicted molar refractivity (Wildman–Crippen MR) is 54.3 cm³/mol. The van der Waals surface area contributed by atoms with Gasteiger partial charge in [0.25, 0.3) is 0 Å². The van der Waals surface area contributed by atoms with E-state index in [-0.39, 0.29) is 5.92 Å². The van der Waals surface area contributed by atoms with E-state index in [2.05, 4.69) is 11.4 Å². The lowest BCUT2D eigenvalue weighted by molar-refractivity contribution is 0.492. The molecule has 0 heterocycles. The van der Waals surface area contributed by atoms with Gasteiger partial charge >= 0.3 is 0 Å². The average molecular weight is 180 g/mol. The molecule has 1 rings (SSSR count). The van der Waals surface area contributed by atoms with Crippen molar-refractivity contribution in [1.29, 1.82) is 5.26 Å². The Kier molecular flexibility index (Phi) is 4.85. The molecule has 0 bridgehead atoms. The molecular weight excluding hydrogens is 160 g/mol. The monoisotopic (exact) mass is 180 g/mol. The summed E-state index contributed by atoms with van der Waals surface area (Å²) in [5.74, 6) is 0.227. The first-order valence-corrected chi connectivity index (χ1v) is 5.46. The Hall–Kier alpha value is -0.550. The standard InChI is InChI=1S/C11H20N2/c1-10(9-12)5-4-8-13-11-6-2-3-7-11/h10-11,13H,2-8H2,1H3. The number of nitrogens with one attached hydrogen (secondary N) is 1. The van der Waals surface area contributed by atoms with E-state index < -0.39 is 0 Å². The van der Waals surface area contributed by atoms with Gasteiger partial charge in [0.1, 0.15) is 0 Å². The van der Waals surface area contributed by atoms with Gasteiger partial charge < -0.3 is 5.32 Å². The minimum Gasteiger partial charge on any atom is -0.314 e. The van der Waals surface area contributed by atoms with Crippen molar-refractivity contribution in [3.05, 3.63) is 0 Å². The van der Waals surface area contributed by atoms with Gasteiger partial charge in [-0.2, -0.15) is 5.26 Å². The molecule has 0 aromatic rings. The first kappa shape index (κ1) is 10.5. The van der Waals surface area contributed by atoms with Crippen LogP contribution in [0.5, 0.6) is 0 Å². The van der Waals surface area contributed by atoms with E-state index >= 15 is 0 Å². The first-order valence-electron chi connectivity index (χ1n) is 5.46. The van der Waals surface area contributed by atoms with Gasteiger partial charge in [0.2, 0.25) is 0 Å². The van der Waals surface area contributed by atoms with Gasteiger partial charge in [0, 0.05) is 12.0 Å². The molecule has 0 aromatic heterocycles. The summed E-state index contributed by atoms with van der Waals surface area (Å²) in [5, 5.41) is 12.1. The van der Waals surface area contributed by atoms with Gasteiger partial charge in [-0.3, -0.25) is 0 Å². The second kappa shape index (κ2) is 5.99. The maximum absolute atomic E-state index is 8.58. The van der Waals surface area contributed by atoms with Gasteiger partial charge in [0.05, 0.1) is 6.07 Å². The summed E-state index contributed by atoms with van der Waals surface area (Å²) in [6.07, 6.45) is 7.68. The Labute approximate surface area is 81.3 Å². The molecule has 13 heavy (non-hydrogen) atoms. The van der Waals surface area contributed by atoms with E-state index in [1.54, 1.807) is 0 Å². The molecule has 1 saturated carbocycles. The minimum atomic E-state index is 0.227. The van der Waals surface area contributed by atoms with Crippen LogP contribution in [-0.2, 0) is 0 Å². The summed E-state index contributed by atoms with van der Waals surface area (Å²) < 4.78 is 0. The van der Waals surface area contributed by atoms with Crippen LogP contribution in [0.1, 0.15) is 45.4 Å². The summed E-state index contributed by atoms with van der Waals surface area (Å²) in [7, 11) is 0. The summed E-state index contributed by atoms with van der Waals surface area (Å²) in [4.78, 5) is 0. The molecule has 0 spiro atoms. The van der Waals surface area contributed by atoms with Crippen molar-refractivity contribution in [1.82, 2.24) is 5.32 Å². The number of hydrogen-bond donors (Lipinski definition) is 1. The van der Waals surface area contributed by atoms with Crippen molar-refractivity contribution >= 4 is 0 Å². The molecule has 0 aliphatic heterocycles. The summed E-state index contributed by atoms with van der Waals surface area (Å²) in [6, 6.07) is 3.04. The third-order valence-electron chi connectivity index (χ3n) is 2.82. The number of nitrogens with zero attached hydrogens (tertiary/aromatic N) is 1. The average Bonchev–Trinajstić information content (AvgIpc) is 2.64. The second-order valence-electron chi connectivity index (χ2n) is 4.11. The predicted octanol–water partition coefficient (Wildman–Crippen LogP) is 2.46. The van der Waals surface area contributed by atoms with Crippen molar-refractivity contribution in [2.75, 3.05) is 6.54 Å². The topological polar surface area (TPSA) is 35.8 Å². The summed E-state index contributed by atoms with van der Waals surface area (Å²) >= 11 is 0. The number of rotatable bonds is 5. The molecule has 0 amide bonds. The van der Waals surface area contributed by atoms with Gasteiger partial charge in [-0.25, -0.2) is 0 Å². The van der Waals surface area contributed by atoms with Crippen LogP contribution in [0, 0.1) is 17.2 Å². The van der Waals surface area contributed by atoms with Gasteiger partial charge in [0.15, 0.2) is 0 Å². The molecule has 1 N–H and O–H groups in total. The molecule has 0 aromatic carbocycles. The Balaban J connectivity index is 1.92. The lowest BCUT2D eigenvalue weighted by Gasteiger charge is -2.11. The SMILES string of the molecule is CC(C#N)CCCNC1CCCC1. The molecule has 1 aliphatic carbocycles. The van der Waals surface area contributed by atoms with Crippen LogP contribution in [-0.4, -0.2) is 12.6 Å². The summed E-state index contributed by atoms with van der Waals surface area (Å²) in [6.45, 7) is 3.09. The quantitative estimate of drug-likeness (QED) is 0.660. The van der Waals surface area contributed by atoms with Crippen molar-refractivity contribution in [2.45, 2.75) is 51.5 Å². The van der Waals surface area contributed by atoms with Crippen molar-refractivity contribution in [2.24, 2.45) is 5.92 Å². The van der Waals surface area contributed by atoms with E-state index in [1.807, 2.05) is 6.92 Å². The maximum atomic E-state index is 8.58. The number of nitriles is 1. The lowest BCUT2D eigenvalue weighted by atomic mass is 10.1. The van der Waals surface area contributed by atoms with E-state index in [0.717, 1.165) is 25.4 Å². The lowest BCUT2D eigenvalue weighted by Crippen LogP contribution is -2.27. The largest absolute Gasteiger partial charge is 0.314 e. The highest BCUT2D eigenvalue weighted by Gasteiger charge is 2.13. The van der Waals surface area contributed by atoms with Crippen molar-refractivity contribution in [3.8, 4) is 6.07 Å². The molecular formula is C11H20N2. The van der Waals surface area contributed by atoms with Crippen molar-refractivity contribution < 1.29 is 0 Å². The fourth-order valence-corrected chi connectivity index (χ4v) is 1.91. The van der Waals surface area contributed by atoms with Gasteiger partial charge in [-0.15, -0.1) is 0 Å². The van der Waals surface area contributed by atoms with Crippen LogP contribution in [0.25, 0.3) is 0 Å². The zero-order valence-electron chi connectivity index (χ0n) is 8.55. The third kappa shape index (κ3) is 4.28. The van der Waals surface area contributed by atoms with E-state index in [0.29, 0.717) is 0 Å². The fourth-order valence-electron chi connectivity index (χ4n) is 1.91. The first-order chi connectivity index (χ1) is 6.33. The van der Waals surface area contributed by atoms with Gasteiger partial charge in [-0.1, -0.05) is 12.8 Å². The molecule has 2 heteroatoms.